The van der Waals surface area contributed by atoms with Crippen molar-refractivity contribution in [3.63, 3.8) is 0 Å². The molecule has 0 radical (unpaired) electrons. The van der Waals surface area contributed by atoms with Gasteiger partial charge in [0.25, 0.3) is 5.91 Å². The Morgan fingerprint density at radius 2 is 1.61 bits per heavy atom. The number of amides is 1. The average molecular weight is 605 g/mol. The number of carbonyl (C=O) groups is 1. The number of hydrogen-bond donors (Lipinski definition) is 0. The van der Waals surface area contributed by atoms with E-state index in [-0.39, 0.29) is 11.6 Å². The van der Waals surface area contributed by atoms with Crippen LogP contribution in [-0.2, 0) is 6.18 Å². The summed E-state index contributed by atoms with van der Waals surface area (Å²) in [6.45, 7) is 1.35. The number of methoxy groups -OCH3 is 2. The van der Waals surface area contributed by atoms with Crippen molar-refractivity contribution in [2.45, 2.75) is 6.18 Å². The molecule has 12 heteroatoms. The van der Waals surface area contributed by atoms with Crippen LogP contribution in [0, 0.1) is 0 Å². The van der Waals surface area contributed by atoms with E-state index in [1.165, 1.54) is 17.9 Å². The second-order valence-electron chi connectivity index (χ2n) is 9.32. The summed E-state index contributed by atoms with van der Waals surface area (Å²) >= 11 is 12.4. The Balaban J connectivity index is 1.46. The average Bonchev–Trinajstić information content (AvgIpc) is 3.43. The first-order valence-corrected chi connectivity index (χ1v) is 13.3. The van der Waals surface area contributed by atoms with Crippen LogP contribution in [0.1, 0.15) is 16.1 Å². The van der Waals surface area contributed by atoms with Crippen LogP contribution in [-0.4, -0.2) is 61.0 Å². The molecule has 1 aliphatic heterocycles. The summed E-state index contributed by atoms with van der Waals surface area (Å²) in [5.74, 6) is 0.826. The third-order valence-electron chi connectivity index (χ3n) is 6.87. The first-order chi connectivity index (χ1) is 19.6. The molecule has 2 heterocycles. The van der Waals surface area contributed by atoms with E-state index in [2.05, 4.69) is 0 Å². The molecule has 4 aromatic rings. The van der Waals surface area contributed by atoms with Gasteiger partial charge in [0, 0.05) is 43.5 Å². The number of hydrogen-bond acceptors (Lipinski definition) is 5. The molecule has 3 aromatic carbocycles. The lowest BCUT2D eigenvalue weighted by Crippen LogP contribution is -2.49. The molecular formula is C29H25Cl2F3N4O3. The number of ether oxygens (including phenoxy) is 2. The number of nitrogens with zero attached hydrogens (tertiary/aromatic N) is 4. The molecular weight excluding hydrogens is 580 g/mol. The van der Waals surface area contributed by atoms with Gasteiger partial charge in [-0.15, -0.1) is 0 Å². The third-order valence-corrected chi connectivity index (χ3v) is 7.61. The Morgan fingerprint density at radius 1 is 0.854 bits per heavy atom. The predicted molar refractivity (Wildman–Crippen MR) is 152 cm³/mol. The molecule has 41 heavy (non-hydrogen) atoms. The van der Waals surface area contributed by atoms with Gasteiger partial charge in [0.2, 0.25) is 0 Å². The molecule has 5 rings (SSSR count). The molecule has 1 fully saturated rings. The van der Waals surface area contributed by atoms with E-state index in [1.54, 1.807) is 60.5 Å². The van der Waals surface area contributed by atoms with Gasteiger partial charge in [0.1, 0.15) is 17.2 Å². The van der Waals surface area contributed by atoms with Crippen molar-refractivity contribution in [1.82, 2.24) is 14.7 Å². The number of rotatable bonds is 6. The van der Waals surface area contributed by atoms with Crippen LogP contribution in [0.2, 0.25) is 10.0 Å². The van der Waals surface area contributed by atoms with Crippen LogP contribution < -0.4 is 14.4 Å². The quantitative estimate of drug-likeness (QED) is 0.241. The molecule has 0 bridgehead atoms. The van der Waals surface area contributed by atoms with Crippen LogP contribution in [0.3, 0.4) is 0 Å². The van der Waals surface area contributed by atoms with Gasteiger partial charge in [-0.1, -0.05) is 29.3 Å². The molecule has 0 N–H and O–H groups in total. The molecule has 1 aliphatic rings. The van der Waals surface area contributed by atoms with Crippen molar-refractivity contribution >= 4 is 34.8 Å². The van der Waals surface area contributed by atoms with E-state index in [9.17, 15) is 18.0 Å². The zero-order valence-corrected chi connectivity index (χ0v) is 23.6. The SMILES string of the molecule is COc1ccc(-c2cc(C(=O)N3CCN(c4cccc(C(F)(F)F)c4)CC3)n(-c3ccc(Cl)c(Cl)c3)n2)c(OC)c1. The van der Waals surface area contributed by atoms with Gasteiger partial charge in [-0.05, 0) is 54.6 Å². The number of alkyl halides is 3. The van der Waals surface area contributed by atoms with Crippen molar-refractivity contribution in [2.75, 3.05) is 45.3 Å². The van der Waals surface area contributed by atoms with Crippen LogP contribution in [0.4, 0.5) is 18.9 Å². The Bertz CT molecular complexity index is 1580. The van der Waals surface area contributed by atoms with E-state index in [4.69, 9.17) is 37.8 Å². The molecule has 0 unspecified atom stereocenters. The smallest absolute Gasteiger partial charge is 0.416 e. The molecule has 0 atom stereocenters. The van der Waals surface area contributed by atoms with Gasteiger partial charge in [-0.2, -0.15) is 18.3 Å². The first kappa shape index (κ1) is 28.6. The van der Waals surface area contributed by atoms with E-state index < -0.39 is 11.7 Å². The van der Waals surface area contributed by atoms with Crippen LogP contribution in [0.5, 0.6) is 11.5 Å². The van der Waals surface area contributed by atoms with Crippen LogP contribution >= 0.6 is 23.2 Å². The van der Waals surface area contributed by atoms with Crippen molar-refractivity contribution < 1.29 is 27.4 Å². The highest BCUT2D eigenvalue weighted by atomic mass is 35.5. The van der Waals surface area contributed by atoms with Gasteiger partial charge in [-0.3, -0.25) is 4.79 Å². The molecule has 0 aliphatic carbocycles. The lowest BCUT2D eigenvalue weighted by molar-refractivity contribution is -0.137. The summed E-state index contributed by atoms with van der Waals surface area (Å²) in [5.41, 5.74) is 1.70. The highest BCUT2D eigenvalue weighted by molar-refractivity contribution is 6.42. The van der Waals surface area contributed by atoms with Crippen molar-refractivity contribution in [2.24, 2.45) is 0 Å². The van der Waals surface area contributed by atoms with E-state index in [0.717, 1.165) is 12.1 Å². The molecule has 7 nitrogen and oxygen atoms in total. The predicted octanol–water partition coefficient (Wildman–Crippen LogP) is 6.84. The standard InChI is InChI=1S/C29H25Cl2F3N4O3/c1-40-21-7-8-22(27(16-21)41-2)25-17-26(38(35-25)20-6-9-23(30)24(31)15-20)28(39)37-12-10-36(11-13-37)19-5-3-4-18(14-19)29(32,33)34/h3-9,14-17H,10-13H2,1-2H3. The second-order valence-corrected chi connectivity index (χ2v) is 10.1. The second kappa shape index (κ2) is 11.5. The number of aromatic nitrogens is 2. The summed E-state index contributed by atoms with van der Waals surface area (Å²) in [4.78, 5) is 17.4. The Hall–Kier alpha value is -3.89. The Kier molecular flexibility index (Phi) is 8.06. The minimum atomic E-state index is -4.43. The summed E-state index contributed by atoms with van der Waals surface area (Å²) in [7, 11) is 3.08. The summed E-state index contributed by atoms with van der Waals surface area (Å²) in [5, 5.41) is 5.39. The van der Waals surface area contributed by atoms with Crippen molar-refractivity contribution in [3.05, 3.63) is 88.0 Å². The lowest BCUT2D eigenvalue weighted by Gasteiger charge is -2.36. The maximum atomic E-state index is 13.9. The molecule has 1 saturated heterocycles. The summed E-state index contributed by atoms with van der Waals surface area (Å²) in [6.07, 6.45) is -4.43. The van der Waals surface area contributed by atoms with Crippen molar-refractivity contribution in [1.29, 1.82) is 0 Å². The van der Waals surface area contributed by atoms with Gasteiger partial charge in [0.05, 0.1) is 41.2 Å². The molecule has 0 saturated carbocycles. The highest BCUT2D eigenvalue weighted by Crippen LogP contribution is 2.35. The fraction of sp³-hybridized carbons (Fsp3) is 0.241. The summed E-state index contributed by atoms with van der Waals surface area (Å²) in [6, 6.07) is 17.1. The topological polar surface area (TPSA) is 59.8 Å². The number of anilines is 1. The number of benzene rings is 3. The van der Waals surface area contributed by atoms with Crippen LogP contribution in [0.25, 0.3) is 16.9 Å². The Labute approximate surface area is 244 Å². The fourth-order valence-electron chi connectivity index (χ4n) is 4.70. The molecule has 0 spiro atoms. The fourth-order valence-corrected chi connectivity index (χ4v) is 4.99. The minimum Gasteiger partial charge on any atom is -0.497 e. The van der Waals surface area contributed by atoms with Crippen molar-refractivity contribution in [3.8, 4) is 28.4 Å². The van der Waals surface area contributed by atoms with Gasteiger partial charge < -0.3 is 19.3 Å². The molecule has 1 amide bonds. The monoisotopic (exact) mass is 604 g/mol. The maximum Gasteiger partial charge on any atom is 0.416 e. The number of piperazine rings is 1. The van der Waals surface area contributed by atoms with Gasteiger partial charge >= 0.3 is 6.18 Å². The maximum absolute atomic E-state index is 13.9. The van der Waals surface area contributed by atoms with E-state index in [1.807, 2.05) is 4.90 Å². The normalized spacial score (nSPS) is 13.8. The minimum absolute atomic E-state index is 0.281. The number of carbonyl (C=O) groups excluding carboxylic acids is 1. The largest absolute Gasteiger partial charge is 0.497 e. The lowest BCUT2D eigenvalue weighted by atomic mass is 10.1. The third kappa shape index (κ3) is 5.94. The van der Waals surface area contributed by atoms with E-state index >= 15 is 0 Å². The highest BCUT2D eigenvalue weighted by Gasteiger charge is 2.32. The van der Waals surface area contributed by atoms with Gasteiger partial charge in [0.15, 0.2) is 0 Å². The van der Waals surface area contributed by atoms with Crippen LogP contribution in [0.15, 0.2) is 66.7 Å². The number of halogens is 5. The molecule has 1 aromatic heterocycles. The first-order valence-electron chi connectivity index (χ1n) is 12.6. The van der Waals surface area contributed by atoms with E-state index in [0.29, 0.717) is 70.4 Å². The van der Waals surface area contributed by atoms with Gasteiger partial charge in [-0.25, -0.2) is 4.68 Å². The zero-order valence-electron chi connectivity index (χ0n) is 22.1. The molecule has 214 valence electrons. The summed E-state index contributed by atoms with van der Waals surface area (Å²) < 4.78 is 52.0. The Morgan fingerprint density at radius 3 is 2.27 bits per heavy atom. The zero-order chi connectivity index (χ0) is 29.3.